The zero-order chi connectivity index (χ0) is 18.1. The summed E-state index contributed by atoms with van der Waals surface area (Å²) in [4.78, 5) is 16.7. The van der Waals surface area contributed by atoms with E-state index in [1.54, 1.807) is 4.90 Å². The average molecular weight is 375 g/mol. The molecule has 2 aromatic heterocycles. The smallest absolute Gasteiger partial charge is 0.254 e. The third kappa shape index (κ3) is 3.34. The van der Waals surface area contributed by atoms with E-state index >= 15 is 0 Å². The number of benzene rings is 1. The zero-order valence-electron chi connectivity index (χ0n) is 13.7. The number of aromatic nitrogens is 4. The van der Waals surface area contributed by atoms with Gasteiger partial charge in [-0.05, 0) is 41.6 Å². The van der Waals surface area contributed by atoms with E-state index in [1.807, 2.05) is 17.5 Å². The fourth-order valence-corrected chi connectivity index (χ4v) is 3.80. The van der Waals surface area contributed by atoms with Crippen LogP contribution in [-0.4, -0.2) is 43.6 Å². The molecule has 9 heteroatoms. The molecule has 1 aliphatic rings. The summed E-state index contributed by atoms with van der Waals surface area (Å²) in [5.74, 6) is -1.36. The number of amides is 1. The Morgan fingerprint density at radius 1 is 1.27 bits per heavy atom. The van der Waals surface area contributed by atoms with Crippen molar-refractivity contribution in [3.05, 3.63) is 52.9 Å². The summed E-state index contributed by atoms with van der Waals surface area (Å²) in [5.41, 5.74) is 0.0141. The first-order chi connectivity index (χ1) is 12.6. The van der Waals surface area contributed by atoms with Crippen LogP contribution in [0.15, 0.2) is 35.7 Å². The molecule has 3 heterocycles. The lowest BCUT2D eigenvalue weighted by atomic mass is 10.1. The fraction of sp³-hybridized carbons (Fsp3) is 0.294. The summed E-state index contributed by atoms with van der Waals surface area (Å²) in [6.07, 6.45) is 1.60. The molecule has 0 bridgehead atoms. The van der Waals surface area contributed by atoms with Gasteiger partial charge in [0.1, 0.15) is 11.6 Å². The highest BCUT2D eigenvalue weighted by Gasteiger charge is 2.31. The van der Waals surface area contributed by atoms with E-state index in [0.717, 1.165) is 35.9 Å². The van der Waals surface area contributed by atoms with E-state index in [0.29, 0.717) is 18.9 Å². The van der Waals surface area contributed by atoms with Crippen molar-refractivity contribution in [3.8, 4) is 10.7 Å². The summed E-state index contributed by atoms with van der Waals surface area (Å²) in [5, 5.41) is 14.4. The average Bonchev–Trinajstić information content (AvgIpc) is 3.35. The number of carbonyl (C=O) groups is 1. The SMILES string of the molecule is O=C(c1cc(F)cc(F)c1)N1CCC[C@@H]1Cn1nnc(-c2cccs2)n1. The largest absolute Gasteiger partial charge is 0.334 e. The molecule has 1 fully saturated rings. The van der Waals surface area contributed by atoms with Crippen molar-refractivity contribution in [2.75, 3.05) is 6.54 Å². The van der Waals surface area contributed by atoms with Crippen molar-refractivity contribution in [3.63, 3.8) is 0 Å². The monoisotopic (exact) mass is 375 g/mol. The van der Waals surface area contributed by atoms with Crippen molar-refractivity contribution >= 4 is 17.2 Å². The van der Waals surface area contributed by atoms with Crippen molar-refractivity contribution < 1.29 is 13.6 Å². The van der Waals surface area contributed by atoms with E-state index < -0.39 is 11.6 Å². The number of halogens is 2. The van der Waals surface area contributed by atoms with Gasteiger partial charge in [-0.25, -0.2) is 8.78 Å². The van der Waals surface area contributed by atoms with Crippen LogP contribution in [0.2, 0.25) is 0 Å². The Morgan fingerprint density at radius 3 is 2.81 bits per heavy atom. The van der Waals surface area contributed by atoms with Gasteiger partial charge in [0.2, 0.25) is 5.82 Å². The molecule has 4 rings (SSSR count). The normalized spacial score (nSPS) is 17.0. The maximum Gasteiger partial charge on any atom is 0.254 e. The van der Waals surface area contributed by atoms with Gasteiger partial charge in [-0.15, -0.1) is 21.5 Å². The predicted molar refractivity (Wildman–Crippen MR) is 91.5 cm³/mol. The van der Waals surface area contributed by atoms with Crippen molar-refractivity contribution in [1.29, 1.82) is 0 Å². The maximum atomic E-state index is 13.4. The quantitative estimate of drug-likeness (QED) is 0.703. The first kappa shape index (κ1) is 16.8. The predicted octanol–water partition coefficient (Wildman–Crippen LogP) is 2.98. The molecule has 1 saturated heterocycles. The van der Waals surface area contributed by atoms with Crippen LogP contribution in [-0.2, 0) is 6.54 Å². The number of hydrogen-bond acceptors (Lipinski definition) is 5. The van der Waals surface area contributed by atoms with E-state index in [9.17, 15) is 13.6 Å². The number of likely N-dealkylation sites (tertiary alicyclic amines) is 1. The Morgan fingerprint density at radius 2 is 2.08 bits per heavy atom. The van der Waals surface area contributed by atoms with Crippen LogP contribution in [0, 0.1) is 11.6 Å². The molecule has 1 atom stereocenters. The molecule has 0 N–H and O–H groups in total. The zero-order valence-corrected chi connectivity index (χ0v) is 14.5. The Balaban J connectivity index is 1.51. The van der Waals surface area contributed by atoms with Gasteiger partial charge in [0, 0.05) is 18.2 Å². The summed E-state index contributed by atoms with van der Waals surface area (Å²) in [6, 6.07) is 6.56. The minimum absolute atomic E-state index is 0.0141. The van der Waals surface area contributed by atoms with Crippen LogP contribution in [0.5, 0.6) is 0 Å². The number of rotatable bonds is 4. The molecule has 134 valence electrons. The van der Waals surface area contributed by atoms with Crippen molar-refractivity contribution in [1.82, 2.24) is 25.1 Å². The van der Waals surface area contributed by atoms with Gasteiger partial charge in [0.05, 0.1) is 17.5 Å². The molecule has 0 spiro atoms. The second-order valence-electron chi connectivity index (χ2n) is 6.10. The van der Waals surface area contributed by atoms with Crippen molar-refractivity contribution in [2.24, 2.45) is 0 Å². The molecule has 0 radical (unpaired) electrons. The highest BCUT2D eigenvalue weighted by Crippen LogP contribution is 2.23. The molecule has 0 unspecified atom stereocenters. The lowest BCUT2D eigenvalue weighted by Crippen LogP contribution is -2.38. The molecule has 1 aromatic carbocycles. The lowest BCUT2D eigenvalue weighted by Gasteiger charge is -2.24. The van der Waals surface area contributed by atoms with Crippen LogP contribution in [0.4, 0.5) is 8.78 Å². The summed E-state index contributed by atoms with van der Waals surface area (Å²) >= 11 is 1.52. The van der Waals surface area contributed by atoms with Gasteiger partial charge in [-0.2, -0.15) is 4.80 Å². The summed E-state index contributed by atoms with van der Waals surface area (Å²) in [6.45, 7) is 0.927. The Kier molecular flexibility index (Phi) is 4.46. The van der Waals surface area contributed by atoms with Gasteiger partial charge < -0.3 is 4.90 Å². The van der Waals surface area contributed by atoms with Crippen molar-refractivity contribution in [2.45, 2.75) is 25.4 Å². The second kappa shape index (κ2) is 6.91. The minimum atomic E-state index is -0.761. The third-order valence-electron chi connectivity index (χ3n) is 4.32. The maximum absolute atomic E-state index is 13.4. The standard InChI is InChI=1S/C17H15F2N5OS/c18-12-7-11(8-13(19)9-12)17(25)23-5-1-3-14(23)10-24-21-16(20-22-24)15-4-2-6-26-15/h2,4,6-9,14H,1,3,5,10H2/t14-/m1/s1. The van der Waals surface area contributed by atoms with E-state index in [-0.39, 0.29) is 17.5 Å². The summed E-state index contributed by atoms with van der Waals surface area (Å²) in [7, 11) is 0. The Labute approximate surface area is 152 Å². The van der Waals surface area contributed by atoms with Gasteiger partial charge in [-0.3, -0.25) is 4.79 Å². The van der Waals surface area contributed by atoms with Gasteiger partial charge >= 0.3 is 0 Å². The highest BCUT2D eigenvalue weighted by atomic mass is 32.1. The highest BCUT2D eigenvalue weighted by molar-refractivity contribution is 7.13. The molecule has 3 aromatic rings. The van der Waals surface area contributed by atoms with Gasteiger partial charge in [0.25, 0.3) is 5.91 Å². The second-order valence-corrected chi connectivity index (χ2v) is 7.05. The minimum Gasteiger partial charge on any atom is -0.334 e. The molecule has 1 aliphatic heterocycles. The van der Waals surface area contributed by atoms with E-state index in [2.05, 4.69) is 15.4 Å². The fourth-order valence-electron chi connectivity index (χ4n) is 3.15. The molecule has 1 amide bonds. The topological polar surface area (TPSA) is 63.9 Å². The van der Waals surface area contributed by atoms with E-state index in [1.165, 1.54) is 16.1 Å². The number of carbonyl (C=O) groups excluding carboxylic acids is 1. The first-order valence-electron chi connectivity index (χ1n) is 8.19. The number of tetrazole rings is 1. The lowest BCUT2D eigenvalue weighted by molar-refractivity contribution is 0.0716. The molecule has 26 heavy (non-hydrogen) atoms. The Hall–Kier alpha value is -2.68. The number of thiophene rings is 1. The van der Waals surface area contributed by atoms with Crippen LogP contribution in [0.3, 0.4) is 0 Å². The van der Waals surface area contributed by atoms with Crippen LogP contribution >= 0.6 is 11.3 Å². The van der Waals surface area contributed by atoms with E-state index in [4.69, 9.17) is 0 Å². The molecule has 0 saturated carbocycles. The molecular formula is C17H15F2N5OS. The third-order valence-corrected chi connectivity index (χ3v) is 5.18. The van der Waals surface area contributed by atoms with Gasteiger partial charge in [-0.1, -0.05) is 6.07 Å². The molecular weight excluding hydrogens is 360 g/mol. The van der Waals surface area contributed by atoms with Gasteiger partial charge in [0.15, 0.2) is 0 Å². The first-order valence-corrected chi connectivity index (χ1v) is 9.07. The molecule has 6 nitrogen and oxygen atoms in total. The van der Waals surface area contributed by atoms with Crippen LogP contribution < -0.4 is 0 Å². The number of hydrogen-bond donors (Lipinski definition) is 0. The van der Waals surface area contributed by atoms with Crippen LogP contribution in [0.1, 0.15) is 23.2 Å². The Bertz CT molecular complexity index is 907. The molecule has 0 aliphatic carbocycles. The summed E-state index contributed by atoms with van der Waals surface area (Å²) < 4.78 is 26.8. The number of nitrogens with zero attached hydrogens (tertiary/aromatic N) is 5. The van der Waals surface area contributed by atoms with Crippen LogP contribution in [0.25, 0.3) is 10.7 Å².